The van der Waals surface area contributed by atoms with E-state index in [1.54, 1.807) is 43.2 Å². The molecule has 1 N–H and O–H groups in total. The predicted octanol–water partition coefficient (Wildman–Crippen LogP) is 3.99. The fourth-order valence-corrected chi connectivity index (χ4v) is 5.96. The molecule has 0 radical (unpaired) electrons. The Labute approximate surface area is 227 Å². The predicted molar refractivity (Wildman–Crippen MR) is 148 cm³/mol. The molecular weight excluding hydrogens is 502 g/mol. The number of nitrogens with zero attached hydrogens (tertiary/aromatic N) is 2. The highest BCUT2D eigenvalue weighted by atomic mass is 32.2. The molecule has 1 saturated heterocycles. The molecule has 1 unspecified atom stereocenters. The molecule has 3 rings (SSSR count). The Morgan fingerprint density at radius 1 is 0.974 bits per heavy atom. The normalized spacial score (nSPS) is 14.9. The molecule has 1 fully saturated rings. The van der Waals surface area contributed by atoms with Gasteiger partial charge in [-0.3, -0.25) is 9.59 Å². The van der Waals surface area contributed by atoms with E-state index >= 15 is 0 Å². The molecule has 208 valence electrons. The van der Waals surface area contributed by atoms with Crippen molar-refractivity contribution < 1.29 is 22.7 Å². The van der Waals surface area contributed by atoms with Crippen LogP contribution in [-0.4, -0.2) is 62.2 Å². The summed E-state index contributed by atoms with van der Waals surface area (Å²) in [6.45, 7) is 7.95. The summed E-state index contributed by atoms with van der Waals surface area (Å²) in [7, 11) is -1.87. The average Bonchev–Trinajstić information content (AvgIpc) is 3.46. The van der Waals surface area contributed by atoms with Gasteiger partial charge in [-0.25, -0.2) is 8.42 Å². The summed E-state index contributed by atoms with van der Waals surface area (Å²) in [5.41, 5.74) is 1.77. The molecular formula is C29H41N3O5S. The van der Waals surface area contributed by atoms with Crippen molar-refractivity contribution in [3.63, 3.8) is 0 Å². The Kier molecular flexibility index (Phi) is 10.7. The molecule has 1 heterocycles. The van der Waals surface area contributed by atoms with Gasteiger partial charge in [-0.15, -0.1) is 0 Å². The maximum atomic E-state index is 13.4. The zero-order valence-corrected chi connectivity index (χ0v) is 23.8. The minimum atomic E-state index is -3.47. The Bertz CT molecular complexity index is 1160. The summed E-state index contributed by atoms with van der Waals surface area (Å²) < 4.78 is 32.3. The van der Waals surface area contributed by atoms with E-state index in [4.69, 9.17) is 4.74 Å². The molecule has 2 amide bonds. The molecule has 1 atom stereocenters. The molecule has 1 aliphatic heterocycles. The molecule has 0 aromatic heterocycles. The van der Waals surface area contributed by atoms with E-state index in [1.807, 2.05) is 24.3 Å². The van der Waals surface area contributed by atoms with Gasteiger partial charge in [0.05, 0.1) is 12.0 Å². The number of rotatable bonds is 13. The molecule has 2 aromatic rings. The minimum absolute atomic E-state index is 0.138. The number of ether oxygens (including phenoxy) is 1. The first kappa shape index (κ1) is 29.6. The standard InChI is InChI=1S/C29H41N3O5S/c1-22(2)17-18-30-29(34)23(3)32(21-25-7-12-26(37-4)13-8-25)28(33)16-11-24-9-14-27(15-10-24)38(35,36)31-19-5-6-20-31/h7-10,12-15,22-23H,5-6,11,16-21H2,1-4H3,(H,30,34). The number of benzene rings is 2. The highest BCUT2D eigenvalue weighted by molar-refractivity contribution is 7.89. The van der Waals surface area contributed by atoms with Crippen molar-refractivity contribution >= 4 is 21.8 Å². The topological polar surface area (TPSA) is 96.0 Å². The zero-order valence-electron chi connectivity index (χ0n) is 23.0. The lowest BCUT2D eigenvalue weighted by Gasteiger charge is -2.29. The molecule has 8 nitrogen and oxygen atoms in total. The lowest BCUT2D eigenvalue weighted by atomic mass is 10.1. The first-order valence-electron chi connectivity index (χ1n) is 13.4. The summed E-state index contributed by atoms with van der Waals surface area (Å²) in [4.78, 5) is 28.2. The van der Waals surface area contributed by atoms with Crippen LogP contribution in [0.4, 0.5) is 0 Å². The smallest absolute Gasteiger partial charge is 0.243 e. The summed E-state index contributed by atoms with van der Waals surface area (Å²) in [6, 6.07) is 13.6. The quantitative estimate of drug-likeness (QED) is 0.412. The van der Waals surface area contributed by atoms with Gasteiger partial charge in [0, 0.05) is 32.6 Å². The van der Waals surface area contributed by atoms with E-state index in [9.17, 15) is 18.0 Å². The number of hydrogen-bond donors (Lipinski definition) is 1. The molecule has 2 aromatic carbocycles. The van der Waals surface area contributed by atoms with Crippen LogP contribution in [0.15, 0.2) is 53.4 Å². The van der Waals surface area contributed by atoms with Crippen molar-refractivity contribution in [2.24, 2.45) is 5.92 Å². The zero-order chi connectivity index (χ0) is 27.7. The monoisotopic (exact) mass is 543 g/mol. The summed E-state index contributed by atoms with van der Waals surface area (Å²) in [5, 5.41) is 2.96. The number of methoxy groups -OCH3 is 1. The Balaban J connectivity index is 1.68. The van der Waals surface area contributed by atoms with E-state index in [1.165, 1.54) is 4.31 Å². The SMILES string of the molecule is COc1ccc(CN(C(=O)CCc2ccc(S(=O)(=O)N3CCCC3)cc2)C(C)C(=O)NCCC(C)C)cc1. The van der Waals surface area contributed by atoms with Gasteiger partial charge in [0.1, 0.15) is 11.8 Å². The van der Waals surface area contributed by atoms with Crippen LogP contribution in [0.2, 0.25) is 0 Å². The van der Waals surface area contributed by atoms with Crippen LogP contribution in [0, 0.1) is 5.92 Å². The minimum Gasteiger partial charge on any atom is -0.497 e. The van der Waals surface area contributed by atoms with Crippen molar-refractivity contribution in [2.45, 2.75) is 70.4 Å². The Morgan fingerprint density at radius 3 is 2.16 bits per heavy atom. The number of hydrogen-bond acceptors (Lipinski definition) is 5. The highest BCUT2D eigenvalue weighted by Crippen LogP contribution is 2.22. The van der Waals surface area contributed by atoms with Crippen LogP contribution in [0.5, 0.6) is 5.75 Å². The second-order valence-electron chi connectivity index (χ2n) is 10.3. The van der Waals surface area contributed by atoms with Gasteiger partial charge < -0.3 is 15.0 Å². The maximum absolute atomic E-state index is 13.4. The van der Waals surface area contributed by atoms with Crippen LogP contribution < -0.4 is 10.1 Å². The number of aryl methyl sites for hydroxylation is 1. The van der Waals surface area contributed by atoms with Crippen LogP contribution in [0.1, 0.15) is 57.6 Å². The number of nitrogens with one attached hydrogen (secondary N) is 1. The third kappa shape index (κ3) is 8.04. The van der Waals surface area contributed by atoms with Crippen molar-refractivity contribution in [3.8, 4) is 5.75 Å². The number of carbonyl (C=O) groups is 2. The first-order valence-corrected chi connectivity index (χ1v) is 14.8. The lowest BCUT2D eigenvalue weighted by Crippen LogP contribution is -2.48. The highest BCUT2D eigenvalue weighted by Gasteiger charge is 2.28. The van der Waals surface area contributed by atoms with E-state index in [0.717, 1.165) is 36.1 Å². The van der Waals surface area contributed by atoms with Crippen molar-refractivity contribution in [1.82, 2.24) is 14.5 Å². The van der Waals surface area contributed by atoms with Crippen LogP contribution in [0.25, 0.3) is 0 Å². The summed E-state index contributed by atoms with van der Waals surface area (Å²) in [6.07, 6.45) is 3.30. The maximum Gasteiger partial charge on any atom is 0.243 e. The van der Waals surface area contributed by atoms with Gasteiger partial charge in [-0.05, 0) is 73.9 Å². The van der Waals surface area contributed by atoms with Crippen LogP contribution in [0.3, 0.4) is 0 Å². The van der Waals surface area contributed by atoms with Gasteiger partial charge in [-0.2, -0.15) is 4.31 Å². The van der Waals surface area contributed by atoms with Gasteiger partial charge in [-0.1, -0.05) is 38.1 Å². The number of sulfonamides is 1. The van der Waals surface area contributed by atoms with Crippen LogP contribution >= 0.6 is 0 Å². The van der Waals surface area contributed by atoms with Gasteiger partial charge in [0.2, 0.25) is 21.8 Å². The average molecular weight is 544 g/mol. The molecule has 0 saturated carbocycles. The Hall–Kier alpha value is -2.91. The molecule has 9 heteroatoms. The van der Waals surface area contributed by atoms with Gasteiger partial charge >= 0.3 is 0 Å². The lowest BCUT2D eigenvalue weighted by molar-refractivity contribution is -0.140. The number of amides is 2. The fraction of sp³-hybridized carbons (Fsp3) is 0.517. The summed E-state index contributed by atoms with van der Waals surface area (Å²) in [5.74, 6) is 0.880. The van der Waals surface area contributed by atoms with E-state index in [0.29, 0.717) is 38.5 Å². The molecule has 0 spiro atoms. The molecule has 38 heavy (non-hydrogen) atoms. The van der Waals surface area contributed by atoms with E-state index < -0.39 is 16.1 Å². The largest absolute Gasteiger partial charge is 0.497 e. The Morgan fingerprint density at radius 2 is 1.58 bits per heavy atom. The summed E-state index contributed by atoms with van der Waals surface area (Å²) >= 11 is 0. The van der Waals surface area contributed by atoms with Crippen molar-refractivity contribution in [1.29, 1.82) is 0 Å². The second-order valence-corrected chi connectivity index (χ2v) is 12.2. The fourth-order valence-electron chi connectivity index (χ4n) is 4.44. The van der Waals surface area contributed by atoms with E-state index in [2.05, 4.69) is 19.2 Å². The number of carbonyl (C=O) groups excluding carboxylic acids is 2. The van der Waals surface area contributed by atoms with Crippen LogP contribution in [-0.2, 0) is 32.6 Å². The third-order valence-electron chi connectivity index (χ3n) is 6.95. The van der Waals surface area contributed by atoms with Crippen molar-refractivity contribution in [2.75, 3.05) is 26.7 Å². The van der Waals surface area contributed by atoms with Crippen molar-refractivity contribution in [3.05, 3.63) is 59.7 Å². The molecule has 1 aliphatic rings. The van der Waals surface area contributed by atoms with Gasteiger partial charge in [0.15, 0.2) is 0 Å². The molecule has 0 aliphatic carbocycles. The molecule has 0 bridgehead atoms. The third-order valence-corrected chi connectivity index (χ3v) is 8.87. The second kappa shape index (κ2) is 13.8. The first-order chi connectivity index (χ1) is 18.1. The van der Waals surface area contributed by atoms with Gasteiger partial charge in [0.25, 0.3) is 0 Å². The van der Waals surface area contributed by atoms with E-state index in [-0.39, 0.29) is 23.1 Å².